The van der Waals surface area contributed by atoms with Crippen LogP contribution in [0.25, 0.3) is 0 Å². The van der Waals surface area contributed by atoms with E-state index in [2.05, 4.69) is 0 Å². The maximum absolute atomic E-state index is 13.0. The molecule has 0 heterocycles. The van der Waals surface area contributed by atoms with Gasteiger partial charge in [0.15, 0.2) is 0 Å². The molecule has 7 heteroatoms. The molecule has 22 heavy (non-hydrogen) atoms. The second-order valence-electron chi connectivity index (χ2n) is 5.44. The number of carboxylic acid groups (broad SMARTS) is 1. The number of aliphatic carboxylic acids is 1. The Bertz CT molecular complexity index is 586. The van der Waals surface area contributed by atoms with Crippen molar-refractivity contribution in [2.75, 3.05) is 13.6 Å². The normalized spacial score (nSPS) is 20.5. The maximum atomic E-state index is 13.0. The lowest BCUT2D eigenvalue weighted by atomic mass is 10.0. The molecule has 0 aromatic heterocycles. The average molecular weight is 315 g/mol. The first-order valence-corrected chi connectivity index (χ1v) is 6.84. The molecule has 0 saturated heterocycles. The van der Waals surface area contributed by atoms with Crippen LogP contribution in [0.5, 0.6) is 0 Å². The van der Waals surface area contributed by atoms with Crippen molar-refractivity contribution < 1.29 is 27.9 Å². The van der Waals surface area contributed by atoms with Crippen molar-refractivity contribution >= 4 is 11.9 Å². The highest BCUT2D eigenvalue weighted by Crippen LogP contribution is 2.51. The number of hydrogen-bond acceptors (Lipinski definition) is 2. The first-order valence-electron chi connectivity index (χ1n) is 6.84. The van der Waals surface area contributed by atoms with Crippen molar-refractivity contribution in [3.05, 3.63) is 35.4 Å². The minimum absolute atomic E-state index is 0.0539. The molecule has 1 aromatic carbocycles. The van der Waals surface area contributed by atoms with E-state index in [1.54, 1.807) is 0 Å². The van der Waals surface area contributed by atoms with Gasteiger partial charge in [0.2, 0.25) is 5.91 Å². The summed E-state index contributed by atoms with van der Waals surface area (Å²) in [4.78, 5) is 23.9. The predicted octanol–water partition coefficient (Wildman–Crippen LogP) is 2.74. The Labute approximate surface area is 125 Å². The van der Waals surface area contributed by atoms with Crippen LogP contribution in [0.4, 0.5) is 13.2 Å². The molecule has 2 rings (SSSR count). The first-order chi connectivity index (χ1) is 10.2. The second kappa shape index (κ2) is 5.98. The van der Waals surface area contributed by atoms with Gasteiger partial charge in [-0.2, -0.15) is 13.2 Å². The van der Waals surface area contributed by atoms with E-state index in [1.807, 2.05) is 0 Å². The van der Waals surface area contributed by atoms with E-state index >= 15 is 0 Å². The summed E-state index contributed by atoms with van der Waals surface area (Å²) >= 11 is 0. The molecule has 0 bridgehead atoms. The quantitative estimate of drug-likeness (QED) is 0.909. The Morgan fingerprint density at radius 2 is 1.95 bits per heavy atom. The van der Waals surface area contributed by atoms with Gasteiger partial charge in [0.1, 0.15) is 0 Å². The Kier molecular flexibility index (Phi) is 4.44. The fourth-order valence-corrected chi connectivity index (χ4v) is 2.55. The van der Waals surface area contributed by atoms with Crippen molar-refractivity contribution in [1.29, 1.82) is 0 Å². The summed E-state index contributed by atoms with van der Waals surface area (Å²) in [5.74, 6) is -2.27. The number of carboxylic acids is 1. The van der Waals surface area contributed by atoms with Crippen molar-refractivity contribution in [2.24, 2.45) is 5.92 Å². The number of hydrogen-bond donors (Lipinski definition) is 1. The van der Waals surface area contributed by atoms with E-state index < -0.39 is 29.5 Å². The van der Waals surface area contributed by atoms with Crippen LogP contribution in [0.1, 0.15) is 29.9 Å². The highest BCUT2D eigenvalue weighted by atomic mass is 19.4. The molecule has 120 valence electrons. The van der Waals surface area contributed by atoms with Crippen LogP contribution in [0.3, 0.4) is 0 Å². The van der Waals surface area contributed by atoms with Crippen LogP contribution < -0.4 is 0 Å². The van der Waals surface area contributed by atoms with E-state index in [0.29, 0.717) is 6.42 Å². The van der Waals surface area contributed by atoms with Gasteiger partial charge in [-0.25, -0.2) is 0 Å². The van der Waals surface area contributed by atoms with E-state index in [1.165, 1.54) is 30.1 Å². The summed E-state index contributed by atoms with van der Waals surface area (Å²) in [7, 11) is 1.47. The third-order valence-electron chi connectivity index (χ3n) is 3.81. The molecular formula is C15H16F3NO3. The molecule has 1 fully saturated rings. The Hall–Kier alpha value is -2.05. The molecule has 0 radical (unpaired) electrons. The lowest BCUT2D eigenvalue weighted by Gasteiger charge is -2.17. The molecule has 0 unspecified atom stereocenters. The summed E-state index contributed by atoms with van der Waals surface area (Å²) in [6.07, 6.45) is -4.26. The van der Waals surface area contributed by atoms with Gasteiger partial charge in [-0.1, -0.05) is 18.2 Å². The van der Waals surface area contributed by atoms with Gasteiger partial charge in [-0.05, 0) is 24.0 Å². The molecule has 1 aliphatic carbocycles. The maximum Gasteiger partial charge on any atom is 0.416 e. The SMILES string of the molecule is CN(CCC(=O)O)C(=O)[C@@H]1C[C@H]1c1ccccc1C(F)(F)F. The molecule has 1 aromatic rings. The summed E-state index contributed by atoms with van der Waals surface area (Å²) in [6, 6.07) is 5.27. The highest BCUT2D eigenvalue weighted by Gasteiger charge is 2.48. The highest BCUT2D eigenvalue weighted by molar-refractivity contribution is 5.83. The van der Waals surface area contributed by atoms with Crippen LogP contribution in [0.2, 0.25) is 0 Å². The number of alkyl halides is 3. The largest absolute Gasteiger partial charge is 0.481 e. The number of rotatable bonds is 5. The van der Waals surface area contributed by atoms with Gasteiger partial charge in [0, 0.05) is 19.5 Å². The monoisotopic (exact) mass is 315 g/mol. The fraction of sp³-hybridized carbons (Fsp3) is 0.467. The lowest BCUT2D eigenvalue weighted by Crippen LogP contribution is -2.30. The Balaban J connectivity index is 2.07. The number of amides is 1. The van der Waals surface area contributed by atoms with E-state index in [-0.39, 0.29) is 24.4 Å². The van der Waals surface area contributed by atoms with E-state index in [4.69, 9.17) is 5.11 Å². The van der Waals surface area contributed by atoms with Crippen molar-refractivity contribution in [1.82, 2.24) is 4.90 Å². The summed E-state index contributed by atoms with van der Waals surface area (Å²) in [6.45, 7) is 0.0539. The molecule has 1 saturated carbocycles. The predicted molar refractivity (Wildman–Crippen MR) is 72.2 cm³/mol. The molecule has 1 N–H and O–H groups in total. The zero-order chi connectivity index (χ0) is 16.5. The first kappa shape index (κ1) is 16.3. The van der Waals surface area contributed by atoms with Crippen molar-refractivity contribution in [3.63, 3.8) is 0 Å². The van der Waals surface area contributed by atoms with Crippen LogP contribution in [0.15, 0.2) is 24.3 Å². The van der Waals surface area contributed by atoms with Gasteiger partial charge in [0.05, 0.1) is 12.0 Å². The van der Waals surface area contributed by atoms with Gasteiger partial charge in [-0.15, -0.1) is 0 Å². The zero-order valence-electron chi connectivity index (χ0n) is 11.9. The molecule has 2 atom stereocenters. The molecule has 0 aliphatic heterocycles. The number of carbonyl (C=O) groups excluding carboxylic acids is 1. The van der Waals surface area contributed by atoms with Gasteiger partial charge >= 0.3 is 12.1 Å². The second-order valence-corrected chi connectivity index (χ2v) is 5.44. The van der Waals surface area contributed by atoms with E-state index in [0.717, 1.165) is 6.07 Å². The third-order valence-corrected chi connectivity index (χ3v) is 3.81. The minimum Gasteiger partial charge on any atom is -0.481 e. The summed E-state index contributed by atoms with van der Waals surface area (Å²) in [5.41, 5.74) is -0.566. The molecular weight excluding hydrogens is 299 g/mol. The van der Waals surface area contributed by atoms with Crippen LogP contribution in [0, 0.1) is 5.92 Å². The standard InChI is InChI=1S/C15H16F3NO3/c1-19(7-6-13(20)21)14(22)11-8-10(11)9-4-2-3-5-12(9)15(16,17)18/h2-5,10-11H,6-8H2,1H3,(H,20,21)/t10-,11+/m0/s1. The van der Waals surface area contributed by atoms with Crippen LogP contribution in [-0.2, 0) is 15.8 Å². The van der Waals surface area contributed by atoms with Crippen molar-refractivity contribution in [3.8, 4) is 0 Å². The lowest BCUT2D eigenvalue weighted by molar-refractivity contribution is -0.140. The minimum atomic E-state index is -4.44. The summed E-state index contributed by atoms with van der Waals surface area (Å²) < 4.78 is 38.9. The van der Waals surface area contributed by atoms with Crippen LogP contribution >= 0.6 is 0 Å². The van der Waals surface area contributed by atoms with Crippen molar-refractivity contribution in [2.45, 2.75) is 24.9 Å². The zero-order valence-corrected chi connectivity index (χ0v) is 11.9. The number of carbonyl (C=O) groups is 2. The number of benzene rings is 1. The van der Waals surface area contributed by atoms with Crippen LogP contribution in [-0.4, -0.2) is 35.5 Å². The molecule has 4 nitrogen and oxygen atoms in total. The average Bonchev–Trinajstić information content (AvgIpc) is 3.23. The number of halogens is 3. The third kappa shape index (κ3) is 3.58. The summed E-state index contributed by atoms with van der Waals surface area (Å²) in [5, 5.41) is 8.59. The Morgan fingerprint density at radius 3 is 2.55 bits per heavy atom. The van der Waals surface area contributed by atoms with Gasteiger partial charge < -0.3 is 10.0 Å². The van der Waals surface area contributed by atoms with Gasteiger partial charge in [0.25, 0.3) is 0 Å². The fourth-order valence-electron chi connectivity index (χ4n) is 2.55. The molecule has 1 amide bonds. The molecule has 1 aliphatic rings. The van der Waals surface area contributed by atoms with E-state index in [9.17, 15) is 22.8 Å². The Morgan fingerprint density at radius 1 is 1.32 bits per heavy atom. The smallest absolute Gasteiger partial charge is 0.416 e. The molecule has 0 spiro atoms. The van der Waals surface area contributed by atoms with Gasteiger partial charge in [-0.3, -0.25) is 9.59 Å². The topological polar surface area (TPSA) is 57.6 Å². The number of nitrogens with zero attached hydrogens (tertiary/aromatic N) is 1.